The second-order valence-corrected chi connectivity index (χ2v) is 13.1. The van der Waals surface area contributed by atoms with E-state index in [1.807, 2.05) is 0 Å². The van der Waals surface area contributed by atoms with Crippen molar-refractivity contribution < 1.29 is 9.22 Å². The predicted molar refractivity (Wildman–Crippen MR) is 86.3 cm³/mol. The average molecular weight is 295 g/mol. The van der Waals surface area contributed by atoms with Gasteiger partial charge in [-0.05, 0) is 50.7 Å². The van der Waals surface area contributed by atoms with Gasteiger partial charge in [0.2, 0.25) is 0 Å². The van der Waals surface area contributed by atoms with Crippen molar-refractivity contribution in [1.29, 1.82) is 0 Å². The van der Waals surface area contributed by atoms with Gasteiger partial charge >= 0.3 is 0 Å². The molecule has 114 valence electrons. The van der Waals surface area contributed by atoms with E-state index in [2.05, 4.69) is 46.9 Å². The van der Waals surface area contributed by atoms with Crippen LogP contribution in [0.5, 0.6) is 0 Å². The predicted octanol–water partition coefficient (Wildman–Crippen LogP) is 4.71. The summed E-state index contributed by atoms with van der Waals surface area (Å²) in [6.07, 6.45) is 6.42. The Hall–Kier alpha value is -0.413. The maximum absolute atomic E-state index is 12.7. The van der Waals surface area contributed by atoms with Gasteiger partial charge in [-0.2, -0.15) is 0 Å². The molecule has 2 atom stereocenters. The molecule has 1 fully saturated rings. The molecule has 2 rings (SSSR count). The van der Waals surface area contributed by atoms with Gasteiger partial charge < -0.3 is 4.43 Å². The first-order valence-electron chi connectivity index (χ1n) is 7.94. The van der Waals surface area contributed by atoms with Gasteiger partial charge in [0.1, 0.15) is 5.78 Å². The first-order chi connectivity index (χ1) is 9.07. The lowest BCUT2D eigenvalue weighted by molar-refractivity contribution is -0.128. The van der Waals surface area contributed by atoms with Crippen LogP contribution in [0.2, 0.25) is 18.1 Å². The van der Waals surface area contributed by atoms with Crippen molar-refractivity contribution in [3.05, 3.63) is 11.6 Å². The number of hydrogen-bond acceptors (Lipinski definition) is 2. The van der Waals surface area contributed by atoms with E-state index in [1.165, 1.54) is 5.57 Å². The van der Waals surface area contributed by atoms with E-state index in [9.17, 15) is 4.79 Å². The van der Waals surface area contributed by atoms with Crippen molar-refractivity contribution >= 4 is 14.1 Å². The van der Waals surface area contributed by atoms with E-state index >= 15 is 0 Å². The van der Waals surface area contributed by atoms with Crippen molar-refractivity contribution in [2.24, 2.45) is 11.3 Å². The third kappa shape index (κ3) is 2.80. The summed E-state index contributed by atoms with van der Waals surface area (Å²) >= 11 is 0. The second kappa shape index (κ2) is 5.10. The quantitative estimate of drug-likeness (QED) is 0.556. The van der Waals surface area contributed by atoms with Gasteiger partial charge in [-0.1, -0.05) is 32.4 Å². The van der Waals surface area contributed by atoms with Gasteiger partial charge in [0, 0.05) is 12.5 Å². The molecule has 2 aliphatic rings. The Kier molecular flexibility index (Phi) is 4.07. The molecule has 0 amide bonds. The summed E-state index contributed by atoms with van der Waals surface area (Å²) < 4.78 is 6.40. The first-order valence-corrected chi connectivity index (χ1v) is 10.8. The van der Waals surface area contributed by atoms with Crippen LogP contribution < -0.4 is 0 Å². The van der Waals surface area contributed by atoms with Crippen LogP contribution >= 0.6 is 0 Å². The molecule has 1 saturated carbocycles. The third-order valence-electron chi connectivity index (χ3n) is 5.71. The zero-order chi connectivity index (χ0) is 15.2. The van der Waals surface area contributed by atoms with Crippen LogP contribution in [0, 0.1) is 11.3 Å². The Bertz CT molecular complexity index is 431. The zero-order valence-corrected chi connectivity index (χ0v) is 15.0. The lowest BCUT2D eigenvalue weighted by atomic mass is 9.84. The Morgan fingerprint density at radius 2 is 2.00 bits per heavy atom. The molecule has 3 heteroatoms. The molecular formula is C17H30O2Si. The molecule has 0 aromatic heterocycles. The second-order valence-electron chi connectivity index (χ2n) is 8.33. The smallest absolute Gasteiger partial charge is 0.192 e. The summed E-state index contributed by atoms with van der Waals surface area (Å²) in [5.74, 6) is 0.736. The number of fused-ring (bicyclic) bond motifs is 2. The van der Waals surface area contributed by atoms with Crippen LogP contribution in [0.25, 0.3) is 0 Å². The zero-order valence-electron chi connectivity index (χ0n) is 14.0. The van der Waals surface area contributed by atoms with Crippen molar-refractivity contribution in [1.82, 2.24) is 0 Å². The summed E-state index contributed by atoms with van der Waals surface area (Å²) in [6, 6.07) is 0. The average Bonchev–Trinajstić information content (AvgIpc) is 2.53. The van der Waals surface area contributed by atoms with E-state index in [1.54, 1.807) is 0 Å². The maximum Gasteiger partial charge on any atom is 0.192 e. The van der Waals surface area contributed by atoms with Crippen LogP contribution in [0.15, 0.2) is 11.6 Å². The highest BCUT2D eigenvalue weighted by Crippen LogP contribution is 2.47. The van der Waals surface area contributed by atoms with Gasteiger partial charge in [-0.15, -0.1) is 0 Å². The summed E-state index contributed by atoms with van der Waals surface area (Å²) in [5, 5.41) is 0.203. The maximum atomic E-state index is 12.7. The van der Waals surface area contributed by atoms with E-state index in [0.29, 0.717) is 12.4 Å². The molecule has 0 radical (unpaired) electrons. The van der Waals surface area contributed by atoms with Crippen LogP contribution in [0.3, 0.4) is 0 Å². The van der Waals surface area contributed by atoms with Gasteiger partial charge in [0.15, 0.2) is 8.32 Å². The minimum Gasteiger partial charge on any atom is -0.415 e. The van der Waals surface area contributed by atoms with Crippen LogP contribution in [-0.2, 0) is 9.22 Å². The minimum absolute atomic E-state index is 0.203. The molecule has 0 aromatic carbocycles. The van der Waals surface area contributed by atoms with E-state index in [0.717, 1.165) is 25.7 Å². The Labute approximate surface area is 125 Å². The summed E-state index contributed by atoms with van der Waals surface area (Å²) in [6.45, 7) is 14.1. The number of carbonyl (C=O) groups excluding carboxylic acids is 1. The van der Waals surface area contributed by atoms with Gasteiger partial charge in [0.25, 0.3) is 0 Å². The van der Waals surface area contributed by atoms with Gasteiger partial charge in [0.05, 0.1) is 5.41 Å². The van der Waals surface area contributed by atoms with E-state index < -0.39 is 8.32 Å². The van der Waals surface area contributed by atoms with Crippen LogP contribution in [-0.4, -0.2) is 20.7 Å². The van der Waals surface area contributed by atoms with Crippen molar-refractivity contribution in [2.45, 2.75) is 71.5 Å². The van der Waals surface area contributed by atoms with Crippen LogP contribution in [0.4, 0.5) is 0 Å². The largest absolute Gasteiger partial charge is 0.415 e. The summed E-state index contributed by atoms with van der Waals surface area (Å²) in [7, 11) is -1.78. The Balaban J connectivity index is 2.18. The lowest BCUT2D eigenvalue weighted by Gasteiger charge is -2.39. The lowest BCUT2D eigenvalue weighted by Crippen LogP contribution is -2.45. The number of Topliss-reactive ketones (excluding diaryl/α,β-unsaturated/α-hetero) is 1. The van der Waals surface area contributed by atoms with Crippen molar-refractivity contribution in [3.63, 3.8) is 0 Å². The fourth-order valence-electron chi connectivity index (χ4n) is 3.17. The van der Waals surface area contributed by atoms with Crippen LogP contribution in [0.1, 0.15) is 53.4 Å². The van der Waals surface area contributed by atoms with Crippen molar-refractivity contribution in [3.8, 4) is 0 Å². The van der Waals surface area contributed by atoms with Crippen molar-refractivity contribution in [2.75, 3.05) is 6.61 Å². The molecule has 0 spiro atoms. The highest BCUT2D eigenvalue weighted by atomic mass is 28.4. The molecule has 2 bridgehead atoms. The highest BCUT2D eigenvalue weighted by Gasteiger charge is 2.49. The number of allylic oxidation sites excluding steroid dienone is 1. The molecule has 20 heavy (non-hydrogen) atoms. The molecule has 0 heterocycles. The molecule has 0 saturated heterocycles. The summed E-state index contributed by atoms with van der Waals surface area (Å²) in [5.41, 5.74) is 1.07. The molecule has 0 aromatic rings. The number of ketones is 1. The fourth-order valence-corrected chi connectivity index (χ4v) is 4.22. The third-order valence-corrected chi connectivity index (χ3v) is 10.2. The minimum atomic E-state index is -1.78. The van der Waals surface area contributed by atoms with E-state index in [-0.39, 0.29) is 16.4 Å². The Morgan fingerprint density at radius 1 is 1.35 bits per heavy atom. The molecular weight excluding hydrogens is 264 g/mol. The highest BCUT2D eigenvalue weighted by molar-refractivity contribution is 6.74. The molecule has 2 nitrogen and oxygen atoms in total. The molecule has 0 unspecified atom stereocenters. The Morgan fingerprint density at radius 3 is 2.60 bits per heavy atom. The number of carbonyl (C=O) groups is 1. The van der Waals surface area contributed by atoms with Gasteiger partial charge in [-0.25, -0.2) is 0 Å². The molecule has 0 aliphatic heterocycles. The number of hydrogen-bond donors (Lipinski definition) is 0. The monoisotopic (exact) mass is 294 g/mol. The number of rotatable bonds is 3. The SMILES string of the molecule is CC1=C[C@]2(CO[Si](C)(C)C(C)(C)C)CC[C@H](CC1)C2=O. The molecule has 0 N–H and O–H groups in total. The van der Waals surface area contributed by atoms with E-state index in [4.69, 9.17) is 4.43 Å². The first kappa shape index (κ1) is 16.0. The summed E-state index contributed by atoms with van der Waals surface area (Å²) in [4.78, 5) is 12.7. The normalized spacial score (nSPS) is 31.2. The fraction of sp³-hybridized carbons (Fsp3) is 0.824. The topological polar surface area (TPSA) is 26.3 Å². The molecule has 2 aliphatic carbocycles. The standard InChI is InChI=1S/C17H30O2Si/c1-13-7-8-14-9-10-17(11-13,15(14)18)12-19-20(5,6)16(2,3)4/h11,14H,7-10,12H2,1-6H3/t14-,17-/m0/s1. The van der Waals surface area contributed by atoms with Gasteiger partial charge in [-0.3, -0.25) is 4.79 Å².